The Morgan fingerprint density at radius 3 is 2.73 bits per heavy atom. The zero-order chi connectivity index (χ0) is 11.4. The number of benzene rings is 1. The van der Waals surface area contributed by atoms with E-state index in [4.69, 9.17) is 10.5 Å². The van der Waals surface area contributed by atoms with E-state index >= 15 is 0 Å². The van der Waals surface area contributed by atoms with E-state index in [0.717, 1.165) is 22.4 Å². The average molecular weight is 205 g/mol. The van der Waals surface area contributed by atoms with E-state index in [1.54, 1.807) is 0 Å². The fraction of sp³-hybridized carbons (Fsp3) is 0.385. The van der Waals surface area contributed by atoms with Gasteiger partial charge in [0.15, 0.2) is 0 Å². The van der Waals surface area contributed by atoms with Crippen LogP contribution in [-0.4, -0.2) is 6.61 Å². The van der Waals surface area contributed by atoms with Gasteiger partial charge in [0.1, 0.15) is 12.4 Å². The molecule has 0 aliphatic heterocycles. The first-order valence-corrected chi connectivity index (χ1v) is 5.14. The number of hydrogen-bond donors (Lipinski definition) is 1. The Hall–Kier alpha value is -1.28. The van der Waals surface area contributed by atoms with Gasteiger partial charge >= 0.3 is 0 Å². The van der Waals surface area contributed by atoms with Gasteiger partial charge in [-0.05, 0) is 31.9 Å². The summed E-state index contributed by atoms with van der Waals surface area (Å²) in [5.41, 5.74) is 9.06. The van der Waals surface area contributed by atoms with Crippen molar-refractivity contribution < 1.29 is 4.74 Å². The van der Waals surface area contributed by atoms with Crippen molar-refractivity contribution in [2.24, 2.45) is 5.73 Å². The average Bonchev–Trinajstić information content (AvgIpc) is 2.15. The molecule has 0 amide bonds. The molecule has 0 aromatic heterocycles. The van der Waals surface area contributed by atoms with Crippen LogP contribution in [0, 0.1) is 6.92 Å². The summed E-state index contributed by atoms with van der Waals surface area (Å²) in [4.78, 5) is 0. The van der Waals surface area contributed by atoms with Crippen molar-refractivity contribution in [3.63, 3.8) is 0 Å². The van der Waals surface area contributed by atoms with E-state index in [1.807, 2.05) is 39.0 Å². The van der Waals surface area contributed by atoms with Crippen LogP contribution in [0.3, 0.4) is 0 Å². The second-order valence-electron chi connectivity index (χ2n) is 4.03. The minimum atomic E-state index is -0.00924. The first-order valence-electron chi connectivity index (χ1n) is 5.14. The second-order valence-corrected chi connectivity index (χ2v) is 4.03. The third-order valence-corrected chi connectivity index (χ3v) is 2.20. The van der Waals surface area contributed by atoms with Crippen molar-refractivity contribution >= 4 is 0 Å². The van der Waals surface area contributed by atoms with Gasteiger partial charge in [0.25, 0.3) is 0 Å². The molecule has 0 radical (unpaired) electrons. The molecule has 0 aliphatic rings. The minimum absolute atomic E-state index is 0.00924. The van der Waals surface area contributed by atoms with Gasteiger partial charge in [-0.3, -0.25) is 0 Å². The number of ether oxygens (including phenoxy) is 1. The van der Waals surface area contributed by atoms with Gasteiger partial charge in [0.05, 0.1) is 0 Å². The standard InChI is InChI=1S/C13H19NO/c1-9(2)8-15-13-10(3)6-5-7-12(13)11(4)14/h5-7,11H,1,8,14H2,2-4H3. The molecule has 2 heteroatoms. The molecule has 0 saturated carbocycles. The number of hydrogen-bond acceptors (Lipinski definition) is 2. The van der Waals surface area contributed by atoms with E-state index in [1.165, 1.54) is 0 Å². The quantitative estimate of drug-likeness (QED) is 0.767. The Balaban J connectivity index is 2.97. The first-order chi connectivity index (χ1) is 7.02. The Labute approximate surface area is 91.7 Å². The smallest absolute Gasteiger partial charge is 0.127 e. The normalized spacial score (nSPS) is 12.3. The highest BCUT2D eigenvalue weighted by atomic mass is 16.5. The van der Waals surface area contributed by atoms with Crippen LogP contribution in [0.1, 0.15) is 31.0 Å². The third-order valence-electron chi connectivity index (χ3n) is 2.20. The maximum Gasteiger partial charge on any atom is 0.127 e. The van der Waals surface area contributed by atoms with Gasteiger partial charge in [-0.25, -0.2) is 0 Å². The van der Waals surface area contributed by atoms with E-state index in [9.17, 15) is 0 Å². The first kappa shape index (κ1) is 11.8. The molecule has 0 bridgehead atoms. The second kappa shape index (κ2) is 4.99. The molecule has 1 atom stereocenters. The molecule has 82 valence electrons. The highest BCUT2D eigenvalue weighted by molar-refractivity contribution is 5.42. The molecule has 2 nitrogen and oxygen atoms in total. The molecule has 2 N–H and O–H groups in total. The van der Waals surface area contributed by atoms with Crippen LogP contribution in [0.25, 0.3) is 0 Å². The van der Waals surface area contributed by atoms with Gasteiger partial charge in [0.2, 0.25) is 0 Å². The molecule has 1 aromatic rings. The van der Waals surface area contributed by atoms with Crippen molar-refractivity contribution in [1.82, 2.24) is 0 Å². The number of para-hydroxylation sites is 1. The fourth-order valence-corrected chi connectivity index (χ4v) is 1.43. The van der Waals surface area contributed by atoms with Crippen LogP contribution >= 0.6 is 0 Å². The summed E-state index contributed by atoms with van der Waals surface area (Å²) >= 11 is 0. The largest absolute Gasteiger partial charge is 0.489 e. The number of rotatable bonds is 4. The van der Waals surface area contributed by atoms with Crippen LogP contribution in [0.4, 0.5) is 0 Å². The molecule has 0 aliphatic carbocycles. The summed E-state index contributed by atoms with van der Waals surface area (Å²) < 4.78 is 5.71. The molecule has 1 rings (SSSR count). The van der Waals surface area contributed by atoms with Crippen LogP contribution in [0.15, 0.2) is 30.4 Å². The Bertz CT molecular complexity index is 356. The summed E-state index contributed by atoms with van der Waals surface area (Å²) in [6.45, 7) is 10.3. The molecular weight excluding hydrogens is 186 g/mol. The summed E-state index contributed by atoms with van der Waals surface area (Å²) in [5, 5.41) is 0. The van der Waals surface area contributed by atoms with Crippen LogP contribution in [0.2, 0.25) is 0 Å². The van der Waals surface area contributed by atoms with Crippen molar-refractivity contribution in [1.29, 1.82) is 0 Å². The highest BCUT2D eigenvalue weighted by Crippen LogP contribution is 2.27. The predicted octanol–water partition coefficient (Wildman–Crippen LogP) is 2.97. The topological polar surface area (TPSA) is 35.2 Å². The molecule has 0 saturated heterocycles. The van der Waals surface area contributed by atoms with E-state index < -0.39 is 0 Å². The SMILES string of the molecule is C=C(C)COc1c(C)cccc1C(C)N. The Morgan fingerprint density at radius 2 is 2.20 bits per heavy atom. The third kappa shape index (κ3) is 3.10. The fourth-order valence-electron chi connectivity index (χ4n) is 1.43. The zero-order valence-corrected chi connectivity index (χ0v) is 9.71. The summed E-state index contributed by atoms with van der Waals surface area (Å²) in [6, 6.07) is 6.03. The maximum atomic E-state index is 5.89. The van der Waals surface area contributed by atoms with Gasteiger partial charge in [-0.1, -0.05) is 24.8 Å². The molecule has 0 fully saturated rings. The van der Waals surface area contributed by atoms with Crippen molar-refractivity contribution in [3.8, 4) is 5.75 Å². The van der Waals surface area contributed by atoms with Crippen LogP contribution in [0.5, 0.6) is 5.75 Å². The van der Waals surface area contributed by atoms with Gasteiger partial charge in [0, 0.05) is 11.6 Å². The Kier molecular flexibility index (Phi) is 3.92. The van der Waals surface area contributed by atoms with Crippen LogP contribution in [-0.2, 0) is 0 Å². The lowest BCUT2D eigenvalue weighted by atomic mass is 10.0. The molecule has 15 heavy (non-hydrogen) atoms. The van der Waals surface area contributed by atoms with E-state index in [0.29, 0.717) is 6.61 Å². The van der Waals surface area contributed by atoms with Crippen molar-refractivity contribution in [2.45, 2.75) is 26.8 Å². The molecular formula is C13H19NO. The van der Waals surface area contributed by atoms with Gasteiger partial charge < -0.3 is 10.5 Å². The van der Waals surface area contributed by atoms with Crippen molar-refractivity contribution in [3.05, 3.63) is 41.5 Å². The summed E-state index contributed by atoms with van der Waals surface area (Å²) in [6.07, 6.45) is 0. The molecule has 0 heterocycles. The Morgan fingerprint density at radius 1 is 1.53 bits per heavy atom. The van der Waals surface area contributed by atoms with E-state index in [2.05, 4.69) is 6.58 Å². The lowest BCUT2D eigenvalue weighted by Gasteiger charge is -2.16. The minimum Gasteiger partial charge on any atom is -0.489 e. The lowest BCUT2D eigenvalue weighted by molar-refractivity contribution is 0.344. The van der Waals surface area contributed by atoms with E-state index in [-0.39, 0.29) is 6.04 Å². The maximum absolute atomic E-state index is 5.89. The monoisotopic (exact) mass is 205 g/mol. The van der Waals surface area contributed by atoms with Gasteiger partial charge in [-0.2, -0.15) is 0 Å². The molecule has 0 spiro atoms. The predicted molar refractivity (Wildman–Crippen MR) is 64.1 cm³/mol. The highest BCUT2D eigenvalue weighted by Gasteiger charge is 2.10. The lowest BCUT2D eigenvalue weighted by Crippen LogP contribution is -2.09. The number of aryl methyl sites for hydroxylation is 1. The van der Waals surface area contributed by atoms with Crippen LogP contribution < -0.4 is 10.5 Å². The zero-order valence-electron chi connectivity index (χ0n) is 9.71. The summed E-state index contributed by atoms with van der Waals surface area (Å²) in [7, 11) is 0. The molecule has 1 aromatic carbocycles. The van der Waals surface area contributed by atoms with Gasteiger partial charge in [-0.15, -0.1) is 0 Å². The summed E-state index contributed by atoms with van der Waals surface area (Å²) in [5.74, 6) is 0.899. The van der Waals surface area contributed by atoms with Crippen molar-refractivity contribution in [2.75, 3.05) is 6.61 Å². The molecule has 1 unspecified atom stereocenters. The number of nitrogens with two attached hydrogens (primary N) is 1.